The van der Waals surface area contributed by atoms with Gasteiger partial charge in [0.1, 0.15) is 24.4 Å². The molecule has 0 spiro atoms. The molecule has 0 radical (unpaired) electrons. The Labute approximate surface area is 257 Å². The average molecular weight is 621 g/mol. The topological polar surface area (TPSA) is 113 Å². The number of benzene rings is 4. The molecular formula is C34H37O9P. The van der Waals surface area contributed by atoms with Crippen LogP contribution in [-0.4, -0.2) is 47.1 Å². The molecule has 10 heteroatoms. The van der Waals surface area contributed by atoms with Crippen molar-refractivity contribution in [2.45, 2.75) is 57.1 Å². The van der Waals surface area contributed by atoms with E-state index in [2.05, 4.69) is 0 Å². The highest BCUT2D eigenvalue weighted by atomic mass is 31.2. The second-order valence-electron chi connectivity index (χ2n) is 10.4. The molecule has 232 valence electrons. The van der Waals surface area contributed by atoms with Gasteiger partial charge in [0.05, 0.1) is 33.0 Å². The van der Waals surface area contributed by atoms with Gasteiger partial charge in [-0.3, -0.25) is 4.52 Å². The lowest BCUT2D eigenvalue weighted by Gasteiger charge is -2.45. The van der Waals surface area contributed by atoms with Crippen LogP contribution >= 0.6 is 7.82 Å². The molecule has 0 saturated carbocycles. The lowest BCUT2D eigenvalue weighted by atomic mass is 9.98. The monoisotopic (exact) mass is 620 g/mol. The van der Waals surface area contributed by atoms with Crippen molar-refractivity contribution in [1.29, 1.82) is 0 Å². The van der Waals surface area contributed by atoms with E-state index in [4.69, 9.17) is 28.2 Å². The number of phosphoric acid groups is 1. The predicted molar refractivity (Wildman–Crippen MR) is 163 cm³/mol. The molecule has 0 aromatic heterocycles. The normalized spacial score (nSPS) is 22.1. The van der Waals surface area contributed by atoms with Crippen LogP contribution in [0.5, 0.6) is 0 Å². The zero-order chi connectivity index (χ0) is 30.6. The second kappa shape index (κ2) is 16.2. The SMILES string of the molecule is O=P(O)(O)O[C@H]1O[C@H](COCc2ccccc2)[C@@H](OCc2ccccc2)[C@H](OCc2ccccc2)[C@H]1OCc1ccccc1. The third-order valence-electron chi connectivity index (χ3n) is 7.08. The van der Waals surface area contributed by atoms with Crippen LogP contribution in [0.15, 0.2) is 121 Å². The second-order valence-corrected chi connectivity index (χ2v) is 11.6. The predicted octanol–water partition coefficient (Wildman–Crippen LogP) is 5.79. The van der Waals surface area contributed by atoms with Crippen LogP contribution in [0, 0.1) is 0 Å². The first-order chi connectivity index (χ1) is 21.4. The molecule has 5 atom stereocenters. The smallest absolute Gasteiger partial charge is 0.374 e. The minimum absolute atomic E-state index is 0.0476. The van der Waals surface area contributed by atoms with E-state index in [-0.39, 0.29) is 26.4 Å². The number of rotatable bonds is 15. The Hall–Kier alpha value is -3.21. The number of hydrogen-bond acceptors (Lipinski definition) is 7. The van der Waals surface area contributed by atoms with Gasteiger partial charge in [0.25, 0.3) is 0 Å². The molecule has 0 bridgehead atoms. The Morgan fingerprint density at radius 2 is 0.932 bits per heavy atom. The van der Waals surface area contributed by atoms with Crippen molar-refractivity contribution in [3.8, 4) is 0 Å². The Balaban J connectivity index is 1.44. The first kappa shape index (κ1) is 32.2. The first-order valence-corrected chi connectivity index (χ1v) is 16.0. The van der Waals surface area contributed by atoms with E-state index in [1.807, 2.05) is 121 Å². The van der Waals surface area contributed by atoms with E-state index < -0.39 is 38.5 Å². The fourth-order valence-electron chi connectivity index (χ4n) is 4.97. The highest BCUT2D eigenvalue weighted by Gasteiger charge is 2.50. The zero-order valence-corrected chi connectivity index (χ0v) is 25.1. The maximum Gasteiger partial charge on any atom is 0.472 e. The minimum Gasteiger partial charge on any atom is -0.374 e. The maximum absolute atomic E-state index is 12.1. The molecule has 4 aromatic carbocycles. The number of ether oxygens (including phenoxy) is 5. The summed E-state index contributed by atoms with van der Waals surface area (Å²) in [5.41, 5.74) is 3.67. The summed E-state index contributed by atoms with van der Waals surface area (Å²) < 4.78 is 48.9. The minimum atomic E-state index is -5.00. The summed E-state index contributed by atoms with van der Waals surface area (Å²) in [5, 5.41) is 0. The molecule has 1 aliphatic rings. The van der Waals surface area contributed by atoms with Crippen molar-refractivity contribution in [3.63, 3.8) is 0 Å². The van der Waals surface area contributed by atoms with Gasteiger partial charge >= 0.3 is 7.82 Å². The molecule has 1 fully saturated rings. The van der Waals surface area contributed by atoms with Crippen molar-refractivity contribution >= 4 is 7.82 Å². The average Bonchev–Trinajstić information content (AvgIpc) is 3.04. The molecule has 44 heavy (non-hydrogen) atoms. The van der Waals surface area contributed by atoms with E-state index in [1.165, 1.54) is 0 Å². The molecule has 4 aromatic rings. The van der Waals surface area contributed by atoms with Crippen LogP contribution in [0.3, 0.4) is 0 Å². The van der Waals surface area contributed by atoms with Gasteiger partial charge in [0.2, 0.25) is 0 Å². The Bertz CT molecular complexity index is 1420. The van der Waals surface area contributed by atoms with E-state index in [0.717, 1.165) is 22.3 Å². The highest BCUT2D eigenvalue weighted by molar-refractivity contribution is 7.46. The van der Waals surface area contributed by atoms with Crippen molar-refractivity contribution < 1.29 is 42.6 Å². The Morgan fingerprint density at radius 1 is 0.545 bits per heavy atom. The summed E-state index contributed by atoms with van der Waals surface area (Å²) in [6.07, 6.45) is -4.93. The van der Waals surface area contributed by atoms with Gasteiger partial charge in [-0.05, 0) is 22.3 Å². The summed E-state index contributed by atoms with van der Waals surface area (Å²) in [4.78, 5) is 19.7. The van der Waals surface area contributed by atoms with Gasteiger partial charge in [-0.1, -0.05) is 121 Å². The quantitative estimate of drug-likeness (QED) is 0.159. The summed E-state index contributed by atoms with van der Waals surface area (Å²) >= 11 is 0. The molecular weight excluding hydrogens is 583 g/mol. The van der Waals surface area contributed by atoms with Crippen molar-refractivity contribution in [2.75, 3.05) is 6.61 Å². The first-order valence-electron chi connectivity index (χ1n) is 14.4. The summed E-state index contributed by atoms with van der Waals surface area (Å²) in [5.74, 6) is 0. The molecule has 0 unspecified atom stereocenters. The largest absolute Gasteiger partial charge is 0.472 e. The van der Waals surface area contributed by atoms with E-state index >= 15 is 0 Å². The molecule has 0 aliphatic carbocycles. The van der Waals surface area contributed by atoms with Crippen LogP contribution in [0.1, 0.15) is 22.3 Å². The molecule has 5 rings (SSSR count). The van der Waals surface area contributed by atoms with Crippen molar-refractivity contribution in [1.82, 2.24) is 0 Å². The molecule has 1 saturated heterocycles. The fourth-order valence-corrected chi connectivity index (χ4v) is 5.41. The fraction of sp³-hybridized carbons (Fsp3) is 0.294. The van der Waals surface area contributed by atoms with Gasteiger partial charge in [0, 0.05) is 0 Å². The molecule has 1 heterocycles. The lowest BCUT2D eigenvalue weighted by molar-refractivity contribution is -0.312. The lowest BCUT2D eigenvalue weighted by Crippen LogP contribution is -2.61. The van der Waals surface area contributed by atoms with Crippen LogP contribution in [0.4, 0.5) is 0 Å². The number of hydrogen-bond donors (Lipinski definition) is 2. The molecule has 0 amide bonds. The Kier molecular flexibility index (Phi) is 11.9. The zero-order valence-electron chi connectivity index (χ0n) is 24.2. The van der Waals surface area contributed by atoms with E-state index in [1.54, 1.807) is 0 Å². The standard InChI is InChI=1S/C34H37O9P/c35-44(36,37)43-34-33(41-24-29-19-11-4-12-20-29)32(40-23-28-17-9-3-10-18-28)31(39-22-27-15-7-2-8-16-27)30(42-34)25-38-21-26-13-5-1-6-14-26/h1-20,30-34H,21-25H2,(H2,35,36,37)/t30-,31-,32+,33-,34-/m1/s1. The summed E-state index contributed by atoms with van der Waals surface area (Å²) in [6, 6.07) is 38.4. The van der Waals surface area contributed by atoms with Crippen LogP contribution in [0.2, 0.25) is 0 Å². The maximum atomic E-state index is 12.1. The van der Waals surface area contributed by atoms with Gasteiger partial charge in [-0.2, -0.15) is 0 Å². The van der Waals surface area contributed by atoms with Gasteiger partial charge in [-0.15, -0.1) is 0 Å². The van der Waals surface area contributed by atoms with E-state index in [9.17, 15) is 14.4 Å². The summed E-state index contributed by atoms with van der Waals surface area (Å²) in [6.45, 7) is 0.917. The van der Waals surface area contributed by atoms with Crippen LogP contribution in [0.25, 0.3) is 0 Å². The van der Waals surface area contributed by atoms with Crippen LogP contribution in [-0.2, 0) is 59.2 Å². The third-order valence-corrected chi connectivity index (χ3v) is 7.56. The highest BCUT2D eigenvalue weighted by Crippen LogP contribution is 2.42. The molecule has 1 aliphatic heterocycles. The van der Waals surface area contributed by atoms with Gasteiger partial charge < -0.3 is 33.5 Å². The molecule has 9 nitrogen and oxygen atoms in total. The van der Waals surface area contributed by atoms with Crippen molar-refractivity contribution in [3.05, 3.63) is 144 Å². The van der Waals surface area contributed by atoms with Gasteiger partial charge in [0.15, 0.2) is 6.29 Å². The van der Waals surface area contributed by atoms with E-state index in [0.29, 0.717) is 6.61 Å². The van der Waals surface area contributed by atoms with Crippen LogP contribution < -0.4 is 0 Å². The Morgan fingerprint density at radius 3 is 1.36 bits per heavy atom. The van der Waals surface area contributed by atoms with Crippen molar-refractivity contribution in [2.24, 2.45) is 0 Å². The van der Waals surface area contributed by atoms with Gasteiger partial charge in [-0.25, -0.2) is 4.57 Å². The molecule has 2 N–H and O–H groups in total. The third kappa shape index (κ3) is 9.90. The number of phosphoric ester groups is 1. The summed E-state index contributed by atoms with van der Waals surface area (Å²) in [7, 11) is -5.00.